The first kappa shape index (κ1) is 14.9. The highest BCUT2D eigenvalue weighted by Crippen LogP contribution is 2.24. The molecule has 5 nitrogen and oxygen atoms in total. The summed E-state index contributed by atoms with van der Waals surface area (Å²) in [5.41, 5.74) is 0. The Bertz CT molecular complexity index is 328. The average Bonchev–Trinajstić information content (AvgIpc) is 2.59. The molecular weight excluding hydrogens is 242 g/mol. The molecule has 0 spiro atoms. The zero-order valence-electron chi connectivity index (χ0n) is 10.8. The average molecular weight is 265 g/mol. The van der Waals surface area contributed by atoms with Crippen molar-refractivity contribution in [1.82, 2.24) is 4.31 Å². The number of hydrogen-bond donors (Lipinski definition) is 1. The maximum absolute atomic E-state index is 12.0. The van der Waals surface area contributed by atoms with Crippen molar-refractivity contribution in [2.45, 2.75) is 26.9 Å². The molecule has 2 atom stereocenters. The van der Waals surface area contributed by atoms with Crippen molar-refractivity contribution in [3.05, 3.63) is 0 Å². The van der Waals surface area contributed by atoms with Gasteiger partial charge in [-0.15, -0.1) is 0 Å². The number of sulfonamides is 1. The van der Waals surface area contributed by atoms with Crippen LogP contribution in [-0.4, -0.2) is 56.0 Å². The van der Waals surface area contributed by atoms with E-state index in [4.69, 9.17) is 9.84 Å². The Morgan fingerprint density at radius 2 is 2.06 bits per heavy atom. The highest BCUT2D eigenvalue weighted by Gasteiger charge is 2.35. The predicted molar refractivity (Wildman–Crippen MR) is 66.2 cm³/mol. The lowest BCUT2D eigenvalue weighted by Gasteiger charge is -2.16. The Morgan fingerprint density at radius 1 is 1.41 bits per heavy atom. The zero-order chi connectivity index (χ0) is 13.1. The van der Waals surface area contributed by atoms with Crippen LogP contribution in [0.25, 0.3) is 0 Å². The van der Waals surface area contributed by atoms with Crippen LogP contribution in [-0.2, 0) is 14.8 Å². The van der Waals surface area contributed by atoms with Crippen LogP contribution < -0.4 is 0 Å². The number of ether oxygens (including phenoxy) is 1. The molecule has 0 bridgehead atoms. The van der Waals surface area contributed by atoms with E-state index >= 15 is 0 Å². The van der Waals surface area contributed by atoms with Gasteiger partial charge in [-0.25, -0.2) is 12.7 Å². The third-order valence-corrected chi connectivity index (χ3v) is 4.92. The molecule has 0 amide bonds. The molecule has 0 unspecified atom stereocenters. The molecule has 0 aromatic carbocycles. The van der Waals surface area contributed by atoms with Crippen molar-refractivity contribution >= 4 is 10.0 Å². The van der Waals surface area contributed by atoms with E-state index in [0.717, 1.165) is 0 Å². The van der Waals surface area contributed by atoms with Crippen LogP contribution in [0, 0.1) is 11.8 Å². The van der Waals surface area contributed by atoms with Gasteiger partial charge in [-0.05, 0) is 25.7 Å². The van der Waals surface area contributed by atoms with Gasteiger partial charge in [0.15, 0.2) is 0 Å². The van der Waals surface area contributed by atoms with Gasteiger partial charge in [0.1, 0.15) is 0 Å². The monoisotopic (exact) mass is 265 g/mol. The first-order valence-corrected chi connectivity index (χ1v) is 7.68. The summed E-state index contributed by atoms with van der Waals surface area (Å²) >= 11 is 0. The summed E-state index contributed by atoms with van der Waals surface area (Å²) < 4.78 is 30.7. The molecule has 1 fully saturated rings. The summed E-state index contributed by atoms with van der Waals surface area (Å²) in [6.07, 6.45) is 0.0490. The largest absolute Gasteiger partial charge is 0.396 e. The lowest BCUT2D eigenvalue weighted by Crippen LogP contribution is -2.33. The van der Waals surface area contributed by atoms with Crippen molar-refractivity contribution < 1.29 is 18.3 Å². The number of nitrogens with zero attached hydrogens (tertiary/aromatic N) is 1. The van der Waals surface area contributed by atoms with E-state index in [0.29, 0.717) is 13.1 Å². The molecule has 1 heterocycles. The molecule has 0 radical (unpaired) electrons. The van der Waals surface area contributed by atoms with Gasteiger partial charge in [0.05, 0.1) is 18.5 Å². The fourth-order valence-electron chi connectivity index (χ4n) is 1.97. The zero-order valence-corrected chi connectivity index (χ0v) is 11.6. The van der Waals surface area contributed by atoms with Crippen LogP contribution in [0.15, 0.2) is 0 Å². The first-order chi connectivity index (χ1) is 7.86. The molecule has 1 aliphatic heterocycles. The Labute approximate surface area is 104 Å². The van der Waals surface area contributed by atoms with Crippen LogP contribution in [0.3, 0.4) is 0 Å². The minimum absolute atomic E-state index is 0.0239. The van der Waals surface area contributed by atoms with E-state index in [9.17, 15) is 8.42 Å². The van der Waals surface area contributed by atoms with E-state index in [-0.39, 0.29) is 36.9 Å². The SMILES string of the molecule is CC(C)OCCS(=O)(=O)N1C[C@@H](CO)[C@H](C)C1. The number of hydrogen-bond acceptors (Lipinski definition) is 4. The van der Waals surface area contributed by atoms with Gasteiger partial charge in [0, 0.05) is 19.7 Å². The lowest BCUT2D eigenvalue weighted by atomic mass is 10.00. The fraction of sp³-hybridized carbons (Fsp3) is 1.00. The Hall–Kier alpha value is -0.170. The third-order valence-electron chi connectivity index (χ3n) is 3.15. The number of rotatable bonds is 6. The second-order valence-corrected chi connectivity index (χ2v) is 7.06. The van der Waals surface area contributed by atoms with Crippen LogP contribution in [0.4, 0.5) is 0 Å². The highest BCUT2D eigenvalue weighted by molar-refractivity contribution is 7.89. The second kappa shape index (κ2) is 6.13. The van der Waals surface area contributed by atoms with E-state index in [1.54, 1.807) is 0 Å². The summed E-state index contributed by atoms with van der Waals surface area (Å²) in [6.45, 7) is 6.96. The summed E-state index contributed by atoms with van der Waals surface area (Å²) in [4.78, 5) is 0. The van der Waals surface area contributed by atoms with Gasteiger partial charge in [-0.2, -0.15) is 0 Å². The fourth-order valence-corrected chi connectivity index (χ4v) is 3.42. The minimum atomic E-state index is -3.23. The molecule has 6 heteroatoms. The van der Waals surface area contributed by atoms with Gasteiger partial charge < -0.3 is 9.84 Å². The van der Waals surface area contributed by atoms with Gasteiger partial charge >= 0.3 is 0 Å². The summed E-state index contributed by atoms with van der Waals surface area (Å²) in [7, 11) is -3.23. The third kappa shape index (κ3) is 4.21. The first-order valence-electron chi connectivity index (χ1n) is 6.07. The molecule has 1 saturated heterocycles. The van der Waals surface area contributed by atoms with E-state index in [1.165, 1.54) is 4.31 Å². The molecule has 1 N–H and O–H groups in total. The van der Waals surface area contributed by atoms with E-state index < -0.39 is 10.0 Å². The Kier molecular flexibility index (Phi) is 5.37. The van der Waals surface area contributed by atoms with E-state index in [1.807, 2.05) is 20.8 Å². The van der Waals surface area contributed by atoms with Crippen molar-refractivity contribution in [3.63, 3.8) is 0 Å². The summed E-state index contributed by atoms with van der Waals surface area (Å²) in [5, 5.41) is 9.12. The molecular formula is C11H23NO4S. The summed E-state index contributed by atoms with van der Waals surface area (Å²) in [6, 6.07) is 0. The van der Waals surface area contributed by atoms with Gasteiger partial charge in [-0.1, -0.05) is 6.92 Å². The second-order valence-electron chi connectivity index (χ2n) is 4.97. The molecule has 0 aromatic rings. The van der Waals surface area contributed by atoms with Crippen LogP contribution in [0.1, 0.15) is 20.8 Å². The smallest absolute Gasteiger partial charge is 0.216 e. The Balaban J connectivity index is 2.49. The molecule has 0 aromatic heterocycles. The maximum atomic E-state index is 12.0. The van der Waals surface area contributed by atoms with E-state index in [2.05, 4.69) is 0 Å². The summed E-state index contributed by atoms with van der Waals surface area (Å²) in [5.74, 6) is 0.312. The van der Waals surface area contributed by atoms with Crippen LogP contribution in [0.2, 0.25) is 0 Å². The lowest BCUT2D eigenvalue weighted by molar-refractivity contribution is 0.0907. The number of aliphatic hydroxyl groups is 1. The molecule has 1 rings (SSSR count). The molecule has 0 saturated carbocycles. The standard InChI is InChI=1S/C11H23NO4S/c1-9(2)16-4-5-17(14,15)12-6-10(3)11(7-12)8-13/h9-11,13H,4-8H2,1-3H3/t10-,11+/m1/s1. The molecule has 0 aliphatic carbocycles. The van der Waals surface area contributed by atoms with Gasteiger partial charge in [0.25, 0.3) is 0 Å². The van der Waals surface area contributed by atoms with Crippen molar-refractivity contribution in [2.24, 2.45) is 11.8 Å². The minimum Gasteiger partial charge on any atom is -0.396 e. The highest BCUT2D eigenvalue weighted by atomic mass is 32.2. The number of aliphatic hydroxyl groups excluding tert-OH is 1. The van der Waals surface area contributed by atoms with Gasteiger partial charge in [0.2, 0.25) is 10.0 Å². The predicted octanol–water partition coefficient (Wildman–Crippen LogP) is 0.301. The van der Waals surface area contributed by atoms with Crippen molar-refractivity contribution in [3.8, 4) is 0 Å². The normalized spacial score (nSPS) is 26.9. The van der Waals surface area contributed by atoms with Crippen molar-refractivity contribution in [1.29, 1.82) is 0 Å². The van der Waals surface area contributed by atoms with Crippen LogP contribution in [0.5, 0.6) is 0 Å². The molecule has 17 heavy (non-hydrogen) atoms. The maximum Gasteiger partial charge on any atom is 0.216 e. The molecule has 102 valence electrons. The van der Waals surface area contributed by atoms with Crippen molar-refractivity contribution in [2.75, 3.05) is 32.1 Å². The quantitative estimate of drug-likeness (QED) is 0.750. The van der Waals surface area contributed by atoms with Gasteiger partial charge in [-0.3, -0.25) is 0 Å². The molecule has 1 aliphatic rings. The topological polar surface area (TPSA) is 66.8 Å². The van der Waals surface area contributed by atoms with Crippen LogP contribution >= 0.6 is 0 Å². The Morgan fingerprint density at radius 3 is 2.53 bits per heavy atom.